The van der Waals surface area contributed by atoms with Gasteiger partial charge in [-0.15, -0.1) is 11.3 Å². The molecule has 0 saturated heterocycles. The summed E-state index contributed by atoms with van der Waals surface area (Å²) in [6.45, 7) is 6.80. The highest BCUT2D eigenvalue weighted by Gasteiger charge is 2.21. The van der Waals surface area contributed by atoms with Crippen molar-refractivity contribution >= 4 is 23.1 Å². The number of carboxylic acids is 1. The molecule has 2 heterocycles. The van der Waals surface area contributed by atoms with Gasteiger partial charge in [-0.25, -0.2) is 9.78 Å². The first-order chi connectivity index (χ1) is 9.38. The molecule has 0 saturated carbocycles. The van der Waals surface area contributed by atoms with E-state index in [9.17, 15) is 4.79 Å². The molecule has 0 aromatic carbocycles. The molecule has 0 fully saturated rings. The minimum Gasteiger partial charge on any atom is -0.478 e. The number of carboxylic acid groups (broad SMARTS) is 1. The molecule has 2 aromatic rings. The second-order valence-electron chi connectivity index (χ2n) is 5.40. The number of hydrogen-bond acceptors (Lipinski definition) is 4. The van der Waals surface area contributed by atoms with E-state index in [-0.39, 0.29) is 11.0 Å². The maximum absolute atomic E-state index is 11.0. The summed E-state index contributed by atoms with van der Waals surface area (Å²) in [5.41, 5.74) is 0.929. The maximum Gasteiger partial charge on any atom is 0.335 e. The van der Waals surface area contributed by atoms with Crippen LogP contribution < -0.4 is 5.32 Å². The van der Waals surface area contributed by atoms with Crippen LogP contribution in [0.15, 0.2) is 29.6 Å². The number of hydrogen-bond donors (Lipinski definition) is 2. The first-order valence-electron chi connectivity index (χ1n) is 6.38. The number of pyridine rings is 1. The summed E-state index contributed by atoms with van der Waals surface area (Å²) in [5, 5.41) is 14.4. The number of rotatable bonds is 5. The van der Waals surface area contributed by atoms with Crippen LogP contribution in [0.1, 0.15) is 34.8 Å². The van der Waals surface area contributed by atoms with E-state index < -0.39 is 5.97 Å². The van der Waals surface area contributed by atoms with Crippen molar-refractivity contribution < 1.29 is 9.90 Å². The van der Waals surface area contributed by atoms with E-state index in [0.717, 1.165) is 0 Å². The summed E-state index contributed by atoms with van der Waals surface area (Å²) < 4.78 is 0. The fraction of sp³-hybridized carbons (Fsp3) is 0.333. The third kappa shape index (κ3) is 3.36. The quantitative estimate of drug-likeness (QED) is 0.884. The zero-order valence-electron chi connectivity index (χ0n) is 11.8. The molecular weight excluding hydrogens is 272 g/mol. The Labute approximate surface area is 122 Å². The molecule has 0 amide bonds. The van der Waals surface area contributed by atoms with Gasteiger partial charge in [-0.1, -0.05) is 19.9 Å². The van der Waals surface area contributed by atoms with Crippen LogP contribution in [0.4, 0.5) is 5.82 Å². The fourth-order valence-corrected chi connectivity index (χ4v) is 2.80. The Bertz CT molecular complexity index is 606. The molecule has 0 aliphatic heterocycles. The van der Waals surface area contributed by atoms with Crippen molar-refractivity contribution in [2.75, 3.05) is 11.9 Å². The van der Waals surface area contributed by atoms with Gasteiger partial charge in [0.2, 0.25) is 0 Å². The van der Waals surface area contributed by atoms with E-state index >= 15 is 0 Å². The molecule has 2 rings (SSSR count). The summed E-state index contributed by atoms with van der Waals surface area (Å²) in [4.78, 5) is 16.7. The second kappa shape index (κ2) is 5.63. The van der Waals surface area contributed by atoms with Crippen molar-refractivity contribution in [1.82, 2.24) is 4.98 Å². The highest BCUT2D eigenvalue weighted by Crippen LogP contribution is 2.27. The molecule has 2 aromatic heterocycles. The molecule has 0 unspecified atom stereocenters. The van der Waals surface area contributed by atoms with E-state index in [1.54, 1.807) is 30.4 Å². The van der Waals surface area contributed by atoms with E-state index in [0.29, 0.717) is 18.1 Å². The first-order valence-corrected chi connectivity index (χ1v) is 7.26. The van der Waals surface area contributed by atoms with Gasteiger partial charge >= 0.3 is 5.97 Å². The zero-order valence-corrected chi connectivity index (χ0v) is 12.6. The minimum absolute atomic E-state index is 0.0248. The van der Waals surface area contributed by atoms with Crippen LogP contribution in [0.5, 0.6) is 0 Å². The lowest BCUT2D eigenvalue weighted by atomic mass is 9.91. The molecule has 0 aliphatic carbocycles. The van der Waals surface area contributed by atoms with E-state index in [2.05, 4.69) is 35.6 Å². The molecule has 2 N–H and O–H groups in total. The van der Waals surface area contributed by atoms with Crippen molar-refractivity contribution in [2.45, 2.75) is 26.2 Å². The Morgan fingerprint density at radius 1 is 1.45 bits per heavy atom. The molecule has 4 nitrogen and oxygen atoms in total. The van der Waals surface area contributed by atoms with Gasteiger partial charge in [0, 0.05) is 22.5 Å². The average molecular weight is 290 g/mol. The summed E-state index contributed by atoms with van der Waals surface area (Å²) >= 11 is 1.72. The Kier molecular flexibility index (Phi) is 4.09. The van der Waals surface area contributed by atoms with Crippen molar-refractivity contribution in [3.8, 4) is 0 Å². The third-order valence-electron chi connectivity index (χ3n) is 3.10. The lowest BCUT2D eigenvalue weighted by molar-refractivity contribution is 0.0696. The number of nitrogens with one attached hydrogen (secondary N) is 1. The van der Waals surface area contributed by atoms with Crippen LogP contribution in [0, 0.1) is 6.92 Å². The summed E-state index contributed by atoms with van der Waals surface area (Å²) in [5.74, 6) is -0.330. The van der Waals surface area contributed by atoms with Crippen molar-refractivity contribution in [3.63, 3.8) is 0 Å². The number of anilines is 1. The van der Waals surface area contributed by atoms with Gasteiger partial charge in [-0.05, 0) is 30.5 Å². The van der Waals surface area contributed by atoms with E-state index in [1.807, 2.05) is 6.07 Å². The Hall–Kier alpha value is -1.88. The lowest BCUT2D eigenvalue weighted by Crippen LogP contribution is -2.27. The minimum atomic E-state index is -0.934. The molecule has 0 aliphatic rings. The van der Waals surface area contributed by atoms with Crippen molar-refractivity contribution in [1.29, 1.82) is 0 Å². The molecule has 5 heteroatoms. The summed E-state index contributed by atoms with van der Waals surface area (Å²) in [6, 6.07) is 7.28. The normalized spacial score (nSPS) is 11.3. The lowest BCUT2D eigenvalue weighted by Gasteiger charge is -2.24. The van der Waals surface area contributed by atoms with Gasteiger partial charge in [-0.3, -0.25) is 0 Å². The van der Waals surface area contributed by atoms with Crippen molar-refractivity contribution in [2.24, 2.45) is 0 Å². The van der Waals surface area contributed by atoms with Crippen LogP contribution >= 0.6 is 11.3 Å². The summed E-state index contributed by atoms with van der Waals surface area (Å²) in [6.07, 6.45) is 0. The number of nitrogens with zero attached hydrogens (tertiary/aromatic N) is 1. The van der Waals surface area contributed by atoms with Gasteiger partial charge in [0.1, 0.15) is 5.82 Å². The topological polar surface area (TPSA) is 62.2 Å². The Morgan fingerprint density at radius 2 is 2.20 bits per heavy atom. The third-order valence-corrected chi connectivity index (χ3v) is 4.34. The number of aryl methyl sites for hydroxylation is 1. The second-order valence-corrected chi connectivity index (χ2v) is 6.35. The predicted octanol–water partition coefficient (Wildman–Crippen LogP) is 3.54. The van der Waals surface area contributed by atoms with Gasteiger partial charge in [0.15, 0.2) is 0 Å². The van der Waals surface area contributed by atoms with E-state index in [1.165, 1.54) is 4.88 Å². The molecule has 0 atom stereocenters. The van der Waals surface area contributed by atoms with Gasteiger partial charge < -0.3 is 10.4 Å². The average Bonchev–Trinajstić information content (AvgIpc) is 2.90. The number of carbonyl (C=O) groups is 1. The maximum atomic E-state index is 11.0. The molecule has 0 spiro atoms. The predicted molar refractivity (Wildman–Crippen MR) is 81.8 cm³/mol. The zero-order chi connectivity index (χ0) is 14.8. The molecule has 20 heavy (non-hydrogen) atoms. The molecule has 106 valence electrons. The Balaban J connectivity index is 2.13. The largest absolute Gasteiger partial charge is 0.478 e. The van der Waals surface area contributed by atoms with Gasteiger partial charge in [0.05, 0.1) is 5.56 Å². The van der Waals surface area contributed by atoms with Crippen LogP contribution in [0.25, 0.3) is 0 Å². The van der Waals surface area contributed by atoms with Crippen LogP contribution in [0.2, 0.25) is 0 Å². The number of thiophene rings is 1. The van der Waals surface area contributed by atoms with Gasteiger partial charge in [0.25, 0.3) is 0 Å². The van der Waals surface area contributed by atoms with Crippen molar-refractivity contribution in [3.05, 3.63) is 45.8 Å². The fourth-order valence-electron chi connectivity index (χ4n) is 1.94. The first kappa shape index (κ1) is 14.5. The van der Waals surface area contributed by atoms with Crippen LogP contribution in [0.3, 0.4) is 0 Å². The Morgan fingerprint density at radius 3 is 2.80 bits per heavy atom. The highest BCUT2D eigenvalue weighted by atomic mass is 32.1. The monoisotopic (exact) mass is 290 g/mol. The SMILES string of the molecule is Cc1cc(C(=O)O)cc(NCC(C)(C)c2cccs2)n1. The van der Waals surface area contributed by atoms with Crippen LogP contribution in [-0.2, 0) is 5.41 Å². The van der Waals surface area contributed by atoms with E-state index in [4.69, 9.17) is 5.11 Å². The summed E-state index contributed by atoms with van der Waals surface area (Å²) in [7, 11) is 0. The standard InChI is InChI=1S/C15H18N2O2S/c1-10-7-11(14(18)19)8-13(17-10)16-9-15(2,3)12-5-4-6-20-12/h4-8H,9H2,1-3H3,(H,16,17)(H,18,19). The molecule has 0 radical (unpaired) electrons. The van der Waals surface area contributed by atoms with Crippen LogP contribution in [-0.4, -0.2) is 22.6 Å². The van der Waals surface area contributed by atoms with Gasteiger partial charge in [-0.2, -0.15) is 0 Å². The smallest absolute Gasteiger partial charge is 0.335 e. The highest BCUT2D eigenvalue weighted by molar-refractivity contribution is 7.10. The number of aromatic nitrogens is 1. The molecule has 0 bridgehead atoms. The molecular formula is C15H18N2O2S. The number of aromatic carboxylic acids is 1.